The molecule has 5 aromatic carbocycles. The van der Waals surface area contributed by atoms with E-state index < -0.39 is 11.9 Å². The van der Waals surface area contributed by atoms with Crippen LogP contribution in [0.25, 0.3) is 106 Å². The Balaban J connectivity index is 0.000000114. The van der Waals surface area contributed by atoms with Crippen LogP contribution < -0.4 is 26.6 Å². The highest BCUT2D eigenvalue weighted by atomic mass is 79.9. The Bertz CT molecular complexity index is 7200. The van der Waals surface area contributed by atoms with Gasteiger partial charge in [0.1, 0.15) is 20.6 Å². The summed E-state index contributed by atoms with van der Waals surface area (Å²) in [4.78, 5) is 86.3. The molecule has 21 rings (SSSR count). The molecule has 33 heteroatoms. The number of carbonyl (C=O) groups is 2. The Morgan fingerprint density at radius 3 is 1.09 bits per heavy atom. The smallest absolute Gasteiger partial charge is 0.363 e. The number of amides is 1. The predicted molar refractivity (Wildman–Crippen MR) is 510 cm³/mol. The lowest BCUT2D eigenvalue weighted by atomic mass is 10.1. The molecule has 0 spiro atoms. The summed E-state index contributed by atoms with van der Waals surface area (Å²) in [6.45, 7) is 5.08. The van der Waals surface area contributed by atoms with Crippen LogP contribution in [0.1, 0.15) is 52.3 Å². The van der Waals surface area contributed by atoms with Gasteiger partial charge in [-0.25, -0.2) is 49.8 Å². The third-order valence-corrected chi connectivity index (χ3v) is 22.8. The molecular weight excluding hydrogens is 1810 g/mol. The van der Waals surface area contributed by atoms with E-state index in [4.69, 9.17) is 15.0 Å². The van der Waals surface area contributed by atoms with Crippen LogP contribution in [0.2, 0.25) is 0 Å². The second kappa shape index (κ2) is 40.3. The average molecular weight is 1890 g/mol. The molecule has 0 aliphatic carbocycles. The number of pyridine rings is 4. The van der Waals surface area contributed by atoms with E-state index in [1.165, 1.54) is 31.0 Å². The molecule has 642 valence electrons. The molecule has 21 aromatic rings. The Morgan fingerprint density at radius 2 is 0.723 bits per heavy atom. The Kier molecular flexibility index (Phi) is 26.8. The van der Waals surface area contributed by atoms with Crippen LogP contribution in [0.4, 0.5) is 42.3 Å². The van der Waals surface area contributed by atoms with Crippen molar-refractivity contribution in [1.29, 1.82) is 0 Å². The minimum Gasteiger partial charge on any atom is -0.363 e. The lowest BCUT2D eigenvalue weighted by Gasteiger charge is -2.11. The van der Waals surface area contributed by atoms with Crippen molar-refractivity contribution in [2.75, 3.05) is 26.6 Å². The standard InChI is InChI=1S/2C22H17N5S.C20H17N5O.C19H13BrF3N5.C14H11BrN4O/c1-2-7-17(8-3-1)18-15-27-19(20-9-5-11-28-20)14-25-22(27)21(26-18)24-13-16-6-4-10-23-12-16;1-2-6-17(7-3-1)19-14-27-20(18-8-10-28-15-18)13-25-22(27)21(26-19)24-12-16-5-4-9-23-11-16;1-14(26)18-12-23-20-19(22-11-15-6-5-9-21-10-15)24-17(13-25(18)20)16-7-3-2-4-8-16;20-16-10-26-18-17(25-9-12-6-7-15(24-8-12)19(21,22)23)27-14(11-28(16)18)13-4-2-1-3-5-13;1-9(20)17-13-14-16-7-12(15)19(14)8-11(18-13)10-5-3-2-4-6-10/h1-12,14-15H,13H2,(H,24,26);1-11,13-15H,12H2,(H,24,26);2-10,12-13H,11H2,1H3,(H,22,24);1-8,10-11H,9H2,(H,25,27);2-8H,1H3,(H,17,18,20). The van der Waals surface area contributed by atoms with Crippen molar-refractivity contribution in [1.82, 2.24) is 91.8 Å². The van der Waals surface area contributed by atoms with E-state index in [-0.39, 0.29) is 18.2 Å². The van der Waals surface area contributed by atoms with Gasteiger partial charge < -0.3 is 26.6 Å². The van der Waals surface area contributed by atoms with Crippen LogP contribution in [0.5, 0.6) is 0 Å². The fraction of sp³-hybridized carbons (Fsp3) is 0.0722. The molecule has 0 unspecified atom stereocenters. The van der Waals surface area contributed by atoms with Crippen molar-refractivity contribution >= 4 is 124 Å². The van der Waals surface area contributed by atoms with Gasteiger partial charge in [0.2, 0.25) is 5.91 Å². The Morgan fingerprint density at radius 1 is 0.354 bits per heavy atom. The third-order valence-electron chi connectivity index (χ3n) is 20.1. The Hall–Kier alpha value is -15.7. The highest BCUT2D eigenvalue weighted by Gasteiger charge is 2.32. The number of carbonyl (C=O) groups excluding carboxylic acids is 2. The van der Waals surface area contributed by atoms with E-state index >= 15 is 0 Å². The lowest BCUT2D eigenvalue weighted by Crippen LogP contribution is -2.10. The highest BCUT2D eigenvalue weighted by Crippen LogP contribution is 2.35. The number of ketones is 1. The number of hydrogen-bond donors (Lipinski definition) is 5. The number of hydrogen-bond acceptors (Lipinski definition) is 22. The second-order valence-electron chi connectivity index (χ2n) is 29.0. The zero-order chi connectivity index (χ0) is 89.3. The van der Waals surface area contributed by atoms with E-state index in [9.17, 15) is 22.8 Å². The molecule has 26 nitrogen and oxygen atoms in total. The molecule has 0 fully saturated rings. The van der Waals surface area contributed by atoms with E-state index in [1.807, 2.05) is 216 Å². The zero-order valence-electron chi connectivity index (χ0n) is 69.2. The van der Waals surface area contributed by atoms with Crippen LogP contribution in [0, 0.1) is 0 Å². The van der Waals surface area contributed by atoms with E-state index in [2.05, 4.69) is 193 Å². The summed E-state index contributed by atoms with van der Waals surface area (Å²) < 4.78 is 49.2. The van der Waals surface area contributed by atoms with Gasteiger partial charge in [-0.1, -0.05) is 182 Å². The minimum atomic E-state index is -4.45. The first-order valence-electron chi connectivity index (χ1n) is 40.5. The number of thiophene rings is 2. The summed E-state index contributed by atoms with van der Waals surface area (Å²) in [6, 6.07) is 70.2. The fourth-order valence-electron chi connectivity index (χ4n) is 13.8. The number of fused-ring (bicyclic) bond motifs is 5. The van der Waals surface area contributed by atoms with Gasteiger partial charge in [0.25, 0.3) is 0 Å². The molecule has 16 aromatic heterocycles. The number of nitrogens with zero attached hydrogens (tertiary/aromatic N) is 19. The number of Topliss-reactive ketones (excluding diaryl/α,β-unsaturated/α-hetero) is 1. The van der Waals surface area contributed by atoms with E-state index in [0.717, 1.165) is 128 Å². The maximum Gasteiger partial charge on any atom is 0.433 e. The molecule has 16 heterocycles. The molecule has 0 aliphatic rings. The van der Waals surface area contributed by atoms with Gasteiger partial charge >= 0.3 is 6.18 Å². The number of alkyl halides is 3. The Labute approximate surface area is 766 Å². The summed E-state index contributed by atoms with van der Waals surface area (Å²) in [6.07, 6.45) is 26.0. The van der Waals surface area contributed by atoms with Crippen molar-refractivity contribution < 1.29 is 22.8 Å². The quantitative estimate of drug-likeness (QED) is 0.0418. The fourth-order valence-corrected chi connectivity index (χ4v) is 15.9. The van der Waals surface area contributed by atoms with Crippen molar-refractivity contribution in [3.05, 3.63) is 383 Å². The summed E-state index contributed by atoms with van der Waals surface area (Å²) in [5, 5.41) is 22.4. The molecule has 5 N–H and O–H groups in total. The third kappa shape index (κ3) is 20.7. The molecule has 0 saturated carbocycles. The van der Waals surface area contributed by atoms with E-state index in [0.29, 0.717) is 65.3 Å². The summed E-state index contributed by atoms with van der Waals surface area (Å²) >= 11 is 10.3. The molecule has 1 amide bonds. The van der Waals surface area contributed by atoms with Gasteiger partial charge in [-0.05, 0) is 101 Å². The summed E-state index contributed by atoms with van der Waals surface area (Å²) in [5.74, 6) is 2.89. The first-order chi connectivity index (χ1) is 63.5. The molecule has 0 aliphatic heterocycles. The minimum absolute atomic E-state index is 0.0408. The average Bonchev–Trinajstić information content (AvgIpc) is 1.62. The molecule has 0 radical (unpaired) electrons. The van der Waals surface area contributed by atoms with Crippen molar-refractivity contribution in [2.45, 2.75) is 46.2 Å². The topological polar surface area (TPSA) is 297 Å². The van der Waals surface area contributed by atoms with Crippen molar-refractivity contribution in [2.24, 2.45) is 0 Å². The van der Waals surface area contributed by atoms with Crippen LogP contribution in [0.3, 0.4) is 0 Å². The van der Waals surface area contributed by atoms with Gasteiger partial charge in [-0.15, -0.1) is 11.3 Å². The monoisotopic (exact) mass is 1890 g/mol. The first-order valence-corrected chi connectivity index (χ1v) is 43.9. The highest BCUT2D eigenvalue weighted by molar-refractivity contribution is 9.10. The normalized spacial score (nSPS) is 11.1. The summed E-state index contributed by atoms with van der Waals surface area (Å²) in [5.41, 5.74) is 19.3. The van der Waals surface area contributed by atoms with Gasteiger partial charge in [0, 0.05) is 153 Å². The SMILES string of the molecule is CC(=O)Nc1nc(-c2ccccc2)cn2c(Br)cnc12.CC(=O)c1cnc2c(NCc3cccnc3)nc(-c3ccccc3)cn12.FC(F)(F)c1ccc(CNc2nc(-c3ccccc3)cn3c(Br)cnc23)cn1.c1ccc(-c2cn3c(-c4cccs4)cnc3c(NCc3cccnc3)n2)cc1.c1ccc(-c2cn3c(-c4ccsc4)cnc3c(NCc3cccnc3)n2)cc1. The van der Waals surface area contributed by atoms with Crippen LogP contribution >= 0.6 is 54.5 Å². The second-order valence-corrected chi connectivity index (χ2v) is 32.4. The number of nitrogens with one attached hydrogen (secondary N) is 5. The van der Waals surface area contributed by atoms with Crippen molar-refractivity contribution in [3.63, 3.8) is 0 Å². The van der Waals surface area contributed by atoms with Crippen LogP contribution in [-0.4, -0.2) is 103 Å². The maximum absolute atomic E-state index is 12.6. The van der Waals surface area contributed by atoms with Gasteiger partial charge in [-0.2, -0.15) is 24.5 Å². The number of imidazole rings is 5. The van der Waals surface area contributed by atoms with Gasteiger partial charge in [0.15, 0.2) is 63.1 Å². The van der Waals surface area contributed by atoms with Gasteiger partial charge in [-0.3, -0.25) is 51.5 Å². The first kappa shape index (κ1) is 86.4. The number of aromatic nitrogens is 19. The van der Waals surface area contributed by atoms with Crippen LogP contribution in [0.15, 0.2) is 349 Å². The summed E-state index contributed by atoms with van der Waals surface area (Å²) in [7, 11) is 0. The number of rotatable bonds is 21. The zero-order valence-corrected chi connectivity index (χ0v) is 74.0. The number of halogens is 5. The molecule has 0 atom stereocenters. The van der Waals surface area contributed by atoms with Crippen LogP contribution in [-0.2, 0) is 37.1 Å². The van der Waals surface area contributed by atoms with E-state index in [1.54, 1.807) is 70.5 Å². The lowest BCUT2D eigenvalue weighted by molar-refractivity contribution is -0.141. The number of anilines is 5. The predicted octanol–water partition coefficient (Wildman–Crippen LogP) is 22.2. The molecule has 0 saturated heterocycles. The maximum atomic E-state index is 12.6. The molecular formula is C97H75Br2F3N24O2S2. The number of benzene rings is 5. The van der Waals surface area contributed by atoms with Gasteiger partial charge in [0.05, 0.1) is 75.7 Å². The molecule has 130 heavy (non-hydrogen) atoms. The largest absolute Gasteiger partial charge is 0.433 e. The van der Waals surface area contributed by atoms with Crippen molar-refractivity contribution in [3.8, 4) is 78.1 Å². The molecule has 0 bridgehead atoms.